The molecule has 1 aromatic heterocycles. The Morgan fingerprint density at radius 1 is 1.60 bits per heavy atom. The fourth-order valence-electron chi connectivity index (χ4n) is 1.88. The van der Waals surface area contributed by atoms with Crippen molar-refractivity contribution in [2.45, 2.75) is 12.8 Å². The molecule has 84 valence electrons. The van der Waals surface area contributed by atoms with E-state index in [9.17, 15) is 0 Å². The normalized spacial score (nSPS) is 18.3. The van der Waals surface area contributed by atoms with Gasteiger partial charge in [0.1, 0.15) is 0 Å². The molecule has 2 heterocycles. The molecule has 1 fully saturated rings. The van der Waals surface area contributed by atoms with Gasteiger partial charge in [0.15, 0.2) is 3.95 Å². The van der Waals surface area contributed by atoms with Crippen LogP contribution in [0, 0.1) is 9.87 Å². The second kappa shape index (κ2) is 5.05. The summed E-state index contributed by atoms with van der Waals surface area (Å²) in [5.41, 5.74) is 0. The topological polar surface area (TPSA) is 41.1 Å². The number of nitrogens with one attached hydrogen (secondary N) is 1. The first-order chi connectivity index (χ1) is 7.29. The van der Waals surface area contributed by atoms with Gasteiger partial charge in [-0.1, -0.05) is 11.3 Å². The van der Waals surface area contributed by atoms with Crippen LogP contribution in [-0.2, 0) is 4.74 Å². The quantitative estimate of drug-likeness (QED) is 0.828. The number of methoxy groups -OCH3 is 1. The van der Waals surface area contributed by atoms with Crippen LogP contribution in [0.1, 0.15) is 12.8 Å². The molecule has 6 heteroatoms. The Morgan fingerprint density at radius 3 is 2.87 bits per heavy atom. The molecule has 1 saturated heterocycles. The summed E-state index contributed by atoms with van der Waals surface area (Å²) in [6.07, 6.45) is 2.36. The molecule has 1 aliphatic rings. The van der Waals surface area contributed by atoms with Gasteiger partial charge < -0.3 is 9.64 Å². The van der Waals surface area contributed by atoms with E-state index in [-0.39, 0.29) is 0 Å². The van der Waals surface area contributed by atoms with Gasteiger partial charge >= 0.3 is 0 Å². The summed E-state index contributed by atoms with van der Waals surface area (Å²) >= 11 is 6.57. The van der Waals surface area contributed by atoms with Crippen molar-refractivity contribution >= 4 is 28.7 Å². The summed E-state index contributed by atoms with van der Waals surface area (Å²) in [6.45, 7) is 3.00. The van der Waals surface area contributed by atoms with Gasteiger partial charge in [-0.3, -0.25) is 5.10 Å². The summed E-state index contributed by atoms with van der Waals surface area (Å²) in [6, 6.07) is 0. The Hall–Kier alpha value is -0.460. The molecule has 0 amide bonds. The van der Waals surface area contributed by atoms with E-state index < -0.39 is 0 Å². The zero-order valence-electron chi connectivity index (χ0n) is 8.73. The predicted molar refractivity (Wildman–Crippen MR) is 64.1 cm³/mol. The SMILES string of the molecule is COCC1CCN(c2n[nH]c(=S)s2)CC1. The summed E-state index contributed by atoms with van der Waals surface area (Å²) in [5, 5.41) is 8.04. The molecule has 1 aliphatic heterocycles. The average molecular weight is 245 g/mol. The number of hydrogen-bond donors (Lipinski definition) is 1. The summed E-state index contributed by atoms with van der Waals surface area (Å²) in [4.78, 5) is 2.29. The van der Waals surface area contributed by atoms with Crippen molar-refractivity contribution in [3.8, 4) is 0 Å². The maximum atomic E-state index is 5.17. The number of aromatic nitrogens is 2. The number of ether oxygens (including phenoxy) is 1. The highest BCUT2D eigenvalue weighted by Crippen LogP contribution is 2.24. The molecule has 1 aromatic rings. The number of hydrogen-bond acceptors (Lipinski definition) is 5. The summed E-state index contributed by atoms with van der Waals surface area (Å²) in [5.74, 6) is 0.707. The first kappa shape index (κ1) is 11.0. The molecule has 0 saturated carbocycles. The van der Waals surface area contributed by atoms with Crippen molar-refractivity contribution < 1.29 is 4.74 Å². The standard InChI is InChI=1S/C9H15N3OS2/c1-13-6-7-2-4-12(5-3-7)8-10-11-9(14)15-8/h7H,2-6H2,1H3,(H,11,14). The second-order valence-corrected chi connectivity index (χ2v) is 5.43. The number of anilines is 1. The van der Waals surface area contributed by atoms with Crippen LogP contribution in [0.3, 0.4) is 0 Å². The van der Waals surface area contributed by atoms with E-state index in [4.69, 9.17) is 17.0 Å². The van der Waals surface area contributed by atoms with E-state index in [0.717, 1.165) is 28.8 Å². The minimum atomic E-state index is 0.707. The van der Waals surface area contributed by atoms with E-state index in [2.05, 4.69) is 15.1 Å². The molecule has 2 rings (SSSR count). The number of rotatable bonds is 3. The van der Waals surface area contributed by atoms with Crippen molar-refractivity contribution in [1.29, 1.82) is 0 Å². The molecule has 0 aromatic carbocycles. The predicted octanol–water partition coefficient (Wildman–Crippen LogP) is 2.06. The number of piperidine rings is 1. The fourth-order valence-corrected chi connectivity index (χ4v) is 2.81. The first-order valence-corrected chi connectivity index (χ1v) is 6.31. The lowest BCUT2D eigenvalue weighted by Crippen LogP contribution is -2.34. The zero-order chi connectivity index (χ0) is 10.7. The average Bonchev–Trinajstić information content (AvgIpc) is 2.67. The molecule has 0 aliphatic carbocycles. The minimum absolute atomic E-state index is 0.707. The third-order valence-electron chi connectivity index (χ3n) is 2.71. The third kappa shape index (κ3) is 2.76. The van der Waals surface area contributed by atoms with E-state index >= 15 is 0 Å². The Labute approximate surface area is 98.3 Å². The zero-order valence-corrected chi connectivity index (χ0v) is 10.4. The van der Waals surface area contributed by atoms with Crippen molar-refractivity contribution in [3.05, 3.63) is 3.95 Å². The maximum absolute atomic E-state index is 5.17. The van der Waals surface area contributed by atoms with Crippen LogP contribution in [0.5, 0.6) is 0 Å². The highest BCUT2D eigenvalue weighted by Gasteiger charge is 2.20. The van der Waals surface area contributed by atoms with Gasteiger partial charge in [-0.2, -0.15) is 0 Å². The molecular formula is C9H15N3OS2. The first-order valence-electron chi connectivity index (χ1n) is 5.09. The van der Waals surface area contributed by atoms with E-state index in [0.29, 0.717) is 5.92 Å². The Balaban J connectivity index is 1.91. The van der Waals surface area contributed by atoms with E-state index in [1.165, 1.54) is 12.8 Å². The van der Waals surface area contributed by atoms with Gasteiger partial charge in [0, 0.05) is 26.8 Å². The summed E-state index contributed by atoms with van der Waals surface area (Å²) < 4.78 is 5.93. The molecule has 15 heavy (non-hydrogen) atoms. The smallest absolute Gasteiger partial charge is 0.206 e. The molecule has 4 nitrogen and oxygen atoms in total. The molecule has 1 N–H and O–H groups in total. The lowest BCUT2D eigenvalue weighted by molar-refractivity contribution is 0.139. The molecule has 0 spiro atoms. The van der Waals surface area contributed by atoms with Crippen molar-refractivity contribution in [3.63, 3.8) is 0 Å². The molecule has 0 radical (unpaired) electrons. The Kier molecular flexibility index (Phi) is 3.71. The highest BCUT2D eigenvalue weighted by atomic mass is 32.1. The van der Waals surface area contributed by atoms with E-state index in [1.807, 2.05) is 0 Å². The fraction of sp³-hybridized carbons (Fsp3) is 0.778. The van der Waals surface area contributed by atoms with Gasteiger partial charge in [0.2, 0.25) is 5.13 Å². The van der Waals surface area contributed by atoms with Gasteiger partial charge in [-0.15, -0.1) is 5.10 Å². The summed E-state index contributed by atoms with van der Waals surface area (Å²) in [7, 11) is 1.77. The molecule has 0 unspecified atom stereocenters. The minimum Gasteiger partial charge on any atom is -0.384 e. The molecule has 0 bridgehead atoms. The second-order valence-electron chi connectivity index (χ2n) is 3.78. The highest BCUT2D eigenvalue weighted by molar-refractivity contribution is 7.73. The largest absolute Gasteiger partial charge is 0.384 e. The molecule has 0 atom stereocenters. The van der Waals surface area contributed by atoms with Crippen LogP contribution in [0.2, 0.25) is 0 Å². The van der Waals surface area contributed by atoms with Gasteiger partial charge in [-0.25, -0.2) is 0 Å². The monoisotopic (exact) mass is 245 g/mol. The van der Waals surface area contributed by atoms with Crippen LogP contribution >= 0.6 is 23.6 Å². The van der Waals surface area contributed by atoms with Crippen LogP contribution in [-0.4, -0.2) is 37.0 Å². The van der Waals surface area contributed by atoms with Crippen molar-refractivity contribution in [1.82, 2.24) is 10.2 Å². The Morgan fingerprint density at radius 2 is 2.33 bits per heavy atom. The maximum Gasteiger partial charge on any atom is 0.206 e. The van der Waals surface area contributed by atoms with Crippen molar-refractivity contribution in [2.75, 3.05) is 31.7 Å². The Bertz CT molecular complexity index is 354. The van der Waals surface area contributed by atoms with Gasteiger partial charge in [0.25, 0.3) is 0 Å². The van der Waals surface area contributed by atoms with Crippen LogP contribution < -0.4 is 4.90 Å². The van der Waals surface area contributed by atoms with E-state index in [1.54, 1.807) is 18.4 Å². The van der Waals surface area contributed by atoms with Crippen LogP contribution in [0.25, 0.3) is 0 Å². The lowest BCUT2D eigenvalue weighted by atomic mass is 9.98. The number of aromatic amines is 1. The molecular weight excluding hydrogens is 230 g/mol. The third-order valence-corrected chi connectivity index (χ3v) is 3.86. The number of H-pyrrole nitrogens is 1. The van der Waals surface area contributed by atoms with Gasteiger partial charge in [-0.05, 0) is 31.0 Å². The van der Waals surface area contributed by atoms with Crippen molar-refractivity contribution in [2.24, 2.45) is 5.92 Å². The number of nitrogens with zero attached hydrogens (tertiary/aromatic N) is 2. The van der Waals surface area contributed by atoms with Crippen LogP contribution in [0.4, 0.5) is 5.13 Å². The lowest BCUT2D eigenvalue weighted by Gasteiger charge is -2.30. The van der Waals surface area contributed by atoms with Gasteiger partial charge in [0.05, 0.1) is 0 Å². The van der Waals surface area contributed by atoms with Crippen LogP contribution in [0.15, 0.2) is 0 Å².